The van der Waals surface area contributed by atoms with Gasteiger partial charge in [-0.25, -0.2) is 17.8 Å². The molecule has 0 spiro atoms. The first-order valence-electron chi connectivity index (χ1n) is 9.36. The lowest BCUT2D eigenvalue weighted by Crippen LogP contribution is -2.50. The number of aromatic amines is 1. The van der Waals surface area contributed by atoms with Crippen LogP contribution < -0.4 is 0 Å². The van der Waals surface area contributed by atoms with Gasteiger partial charge in [0.25, 0.3) is 11.6 Å². The summed E-state index contributed by atoms with van der Waals surface area (Å²) in [5.74, 6) is -1.43. The van der Waals surface area contributed by atoms with E-state index >= 15 is 0 Å². The quantitative estimate of drug-likeness (QED) is 0.481. The molecule has 1 aromatic carbocycles. The minimum absolute atomic E-state index is 0.0391. The molecule has 1 aliphatic rings. The Bertz CT molecular complexity index is 1300. The molecule has 31 heavy (non-hydrogen) atoms. The molecule has 10 nitrogen and oxygen atoms in total. The number of nitrogens with zero attached hydrogens (tertiary/aromatic N) is 4. The number of H-pyrrole nitrogens is 1. The molecule has 12 heteroatoms. The molecular formula is C19H18FN5O5S. The molecule has 0 bridgehead atoms. The van der Waals surface area contributed by atoms with Crippen molar-refractivity contribution < 1.29 is 22.5 Å². The van der Waals surface area contributed by atoms with Gasteiger partial charge in [-0.15, -0.1) is 0 Å². The highest BCUT2D eigenvalue weighted by Crippen LogP contribution is 2.27. The van der Waals surface area contributed by atoms with Gasteiger partial charge in [0.15, 0.2) is 0 Å². The Balaban J connectivity index is 1.52. The number of piperazine rings is 1. The molecule has 1 fully saturated rings. The van der Waals surface area contributed by atoms with Gasteiger partial charge in [-0.1, -0.05) is 0 Å². The van der Waals surface area contributed by atoms with Gasteiger partial charge in [-0.05, 0) is 25.1 Å². The van der Waals surface area contributed by atoms with Crippen molar-refractivity contribution in [3.05, 3.63) is 63.7 Å². The predicted octanol–water partition coefficient (Wildman–Crippen LogP) is 2.07. The van der Waals surface area contributed by atoms with Crippen LogP contribution in [0.15, 0.2) is 41.6 Å². The van der Waals surface area contributed by atoms with Gasteiger partial charge in [0.05, 0.1) is 10.5 Å². The van der Waals surface area contributed by atoms with Gasteiger partial charge in [0, 0.05) is 55.6 Å². The number of nitro benzene ring substituents is 1. The fourth-order valence-corrected chi connectivity index (χ4v) is 5.15. The van der Waals surface area contributed by atoms with Crippen molar-refractivity contribution >= 4 is 32.7 Å². The minimum atomic E-state index is -3.81. The van der Waals surface area contributed by atoms with Crippen LogP contribution >= 0.6 is 0 Å². The van der Waals surface area contributed by atoms with Crippen LogP contribution in [0.5, 0.6) is 0 Å². The zero-order valence-corrected chi connectivity index (χ0v) is 17.2. The first-order valence-corrected chi connectivity index (χ1v) is 10.8. The molecule has 162 valence electrons. The number of hydrogen-bond acceptors (Lipinski definition) is 6. The second-order valence-corrected chi connectivity index (χ2v) is 9.01. The average molecular weight is 447 g/mol. The summed E-state index contributed by atoms with van der Waals surface area (Å²) < 4.78 is 41.4. The second-order valence-electron chi connectivity index (χ2n) is 7.11. The fraction of sp³-hybridized carbons (Fsp3) is 0.263. The highest BCUT2D eigenvalue weighted by Gasteiger charge is 2.33. The Kier molecular flexibility index (Phi) is 5.19. The average Bonchev–Trinajstić information content (AvgIpc) is 3.20. The van der Waals surface area contributed by atoms with Gasteiger partial charge >= 0.3 is 0 Å². The van der Waals surface area contributed by atoms with E-state index in [1.165, 1.54) is 22.3 Å². The van der Waals surface area contributed by atoms with Crippen molar-refractivity contribution in [2.45, 2.75) is 11.8 Å². The highest BCUT2D eigenvalue weighted by molar-refractivity contribution is 7.89. The number of carbonyl (C=O) groups excluding carboxylic acids is 1. The third-order valence-electron chi connectivity index (χ3n) is 5.32. The SMILES string of the molecule is Cc1c(F)cc(C(=O)N2CCN(S(=O)(=O)c3c[nH]c4ncccc34)CC2)cc1[N+](=O)[O-]. The number of amides is 1. The molecule has 1 amide bonds. The smallest absolute Gasteiger partial charge is 0.276 e. The van der Waals surface area contributed by atoms with E-state index in [4.69, 9.17) is 0 Å². The number of fused-ring (bicyclic) bond motifs is 1. The summed E-state index contributed by atoms with van der Waals surface area (Å²) in [7, 11) is -3.81. The van der Waals surface area contributed by atoms with Crippen LogP contribution in [0.1, 0.15) is 15.9 Å². The largest absolute Gasteiger partial charge is 0.345 e. The molecule has 0 aliphatic carbocycles. The first kappa shape index (κ1) is 20.9. The van der Waals surface area contributed by atoms with E-state index in [9.17, 15) is 27.7 Å². The molecule has 0 radical (unpaired) electrons. The number of rotatable bonds is 4. The Morgan fingerprint density at radius 1 is 1.26 bits per heavy atom. The molecular weight excluding hydrogens is 429 g/mol. The lowest BCUT2D eigenvalue weighted by Gasteiger charge is -2.34. The minimum Gasteiger partial charge on any atom is -0.345 e. The summed E-state index contributed by atoms with van der Waals surface area (Å²) >= 11 is 0. The predicted molar refractivity (Wildman–Crippen MR) is 109 cm³/mol. The van der Waals surface area contributed by atoms with Crippen LogP contribution in [0.25, 0.3) is 11.0 Å². The Morgan fingerprint density at radius 3 is 2.65 bits per heavy atom. The van der Waals surface area contributed by atoms with Gasteiger partial charge in [-0.3, -0.25) is 14.9 Å². The van der Waals surface area contributed by atoms with Crippen LogP contribution in [0.4, 0.5) is 10.1 Å². The van der Waals surface area contributed by atoms with E-state index in [-0.39, 0.29) is 42.2 Å². The highest BCUT2D eigenvalue weighted by atomic mass is 32.2. The maximum Gasteiger partial charge on any atom is 0.276 e. The number of sulfonamides is 1. The van der Waals surface area contributed by atoms with Crippen molar-refractivity contribution in [3.8, 4) is 0 Å². The molecule has 1 aliphatic heterocycles. The van der Waals surface area contributed by atoms with E-state index < -0.39 is 32.4 Å². The van der Waals surface area contributed by atoms with Crippen molar-refractivity contribution in [2.24, 2.45) is 0 Å². The fourth-order valence-electron chi connectivity index (χ4n) is 3.57. The number of aromatic nitrogens is 2. The zero-order valence-electron chi connectivity index (χ0n) is 16.4. The maximum absolute atomic E-state index is 14.1. The van der Waals surface area contributed by atoms with Crippen LogP contribution in [0.2, 0.25) is 0 Å². The third kappa shape index (κ3) is 3.64. The normalized spacial score (nSPS) is 15.4. The van der Waals surface area contributed by atoms with Crippen LogP contribution in [0.3, 0.4) is 0 Å². The number of pyridine rings is 1. The molecule has 0 atom stereocenters. The molecule has 0 unspecified atom stereocenters. The lowest BCUT2D eigenvalue weighted by atomic mass is 10.1. The van der Waals surface area contributed by atoms with E-state index in [1.54, 1.807) is 18.3 Å². The zero-order chi connectivity index (χ0) is 22.3. The number of hydrogen-bond donors (Lipinski definition) is 1. The van der Waals surface area contributed by atoms with Gasteiger partial charge in [0.1, 0.15) is 16.4 Å². The lowest BCUT2D eigenvalue weighted by molar-refractivity contribution is -0.385. The first-order chi connectivity index (χ1) is 14.7. The van der Waals surface area contributed by atoms with Gasteiger partial charge < -0.3 is 9.88 Å². The second kappa shape index (κ2) is 7.71. The number of benzene rings is 1. The van der Waals surface area contributed by atoms with Crippen molar-refractivity contribution in [1.82, 2.24) is 19.2 Å². The number of carbonyl (C=O) groups is 1. The Morgan fingerprint density at radius 2 is 1.97 bits per heavy atom. The Hall–Kier alpha value is -3.38. The molecule has 3 aromatic rings. The van der Waals surface area contributed by atoms with Gasteiger partial charge in [-0.2, -0.15) is 4.31 Å². The summed E-state index contributed by atoms with van der Waals surface area (Å²) in [6.45, 7) is 1.49. The number of nitro groups is 1. The molecule has 0 saturated carbocycles. The molecule has 1 N–H and O–H groups in total. The summed E-state index contributed by atoms with van der Waals surface area (Å²) in [6, 6.07) is 5.31. The third-order valence-corrected chi connectivity index (χ3v) is 7.26. The summed E-state index contributed by atoms with van der Waals surface area (Å²) in [6.07, 6.45) is 2.94. The van der Waals surface area contributed by atoms with Gasteiger partial charge in [0.2, 0.25) is 10.0 Å². The standard InChI is InChI=1S/C19H18FN5O5S/c1-12-15(20)9-13(10-16(12)25(27)28)19(26)23-5-7-24(8-6-23)31(29,30)17-11-22-18-14(17)3-2-4-21-18/h2-4,9-11H,5-8H2,1H3,(H,21,22). The monoisotopic (exact) mass is 447 g/mol. The molecule has 3 heterocycles. The number of halogens is 1. The molecule has 2 aromatic heterocycles. The number of nitrogens with one attached hydrogen (secondary N) is 1. The summed E-state index contributed by atoms with van der Waals surface area (Å²) in [5.41, 5.74) is -0.310. The van der Waals surface area contributed by atoms with Crippen LogP contribution in [-0.2, 0) is 10.0 Å². The van der Waals surface area contributed by atoms with Crippen molar-refractivity contribution in [1.29, 1.82) is 0 Å². The molecule has 4 rings (SSSR count). The summed E-state index contributed by atoms with van der Waals surface area (Å²) in [4.78, 5) is 31.5. The maximum atomic E-state index is 14.1. The van der Waals surface area contributed by atoms with E-state index in [1.807, 2.05) is 0 Å². The van der Waals surface area contributed by atoms with E-state index in [2.05, 4.69) is 9.97 Å². The van der Waals surface area contributed by atoms with Crippen LogP contribution in [0, 0.1) is 22.9 Å². The van der Waals surface area contributed by atoms with Crippen molar-refractivity contribution in [2.75, 3.05) is 26.2 Å². The molecule has 1 saturated heterocycles. The van der Waals surface area contributed by atoms with Crippen LogP contribution in [-0.4, -0.2) is 64.6 Å². The Labute approximate surface area is 176 Å². The van der Waals surface area contributed by atoms with E-state index in [0.29, 0.717) is 11.0 Å². The topological polar surface area (TPSA) is 130 Å². The van der Waals surface area contributed by atoms with Crippen molar-refractivity contribution in [3.63, 3.8) is 0 Å². The summed E-state index contributed by atoms with van der Waals surface area (Å²) in [5, 5.41) is 11.6. The van der Waals surface area contributed by atoms with E-state index in [0.717, 1.165) is 12.1 Å².